The van der Waals surface area contributed by atoms with E-state index >= 15 is 0 Å². The Morgan fingerprint density at radius 1 is 1.08 bits per heavy atom. The van der Waals surface area contributed by atoms with E-state index in [0.29, 0.717) is 37.4 Å². The summed E-state index contributed by atoms with van der Waals surface area (Å²) in [5, 5.41) is 14.6. The number of aliphatic hydroxyl groups excluding tert-OH is 1. The minimum atomic E-state index is -0.674. The van der Waals surface area contributed by atoms with Gasteiger partial charge in [0.05, 0.1) is 42.7 Å². The number of nitrogens with one attached hydrogen (secondary N) is 1. The van der Waals surface area contributed by atoms with Gasteiger partial charge in [0, 0.05) is 44.3 Å². The number of likely N-dealkylation sites (N-methyl/N-ethyl adjacent to an activating group) is 1. The van der Waals surface area contributed by atoms with E-state index in [4.69, 9.17) is 4.74 Å². The summed E-state index contributed by atoms with van der Waals surface area (Å²) in [6, 6.07) is 14.0. The fourth-order valence-electron chi connectivity index (χ4n) is 6.46. The maximum absolute atomic E-state index is 13.7. The molecule has 4 atom stereocenters. The average Bonchev–Trinajstić information content (AvgIpc) is 3.10. The van der Waals surface area contributed by atoms with Gasteiger partial charge in [-0.15, -0.1) is 12.4 Å². The van der Waals surface area contributed by atoms with E-state index in [2.05, 4.69) is 29.3 Å². The number of morpholine rings is 1. The fraction of sp³-hybridized carbons (Fsp3) is 0.517. The van der Waals surface area contributed by atoms with Crippen LogP contribution in [0.5, 0.6) is 0 Å². The van der Waals surface area contributed by atoms with Crippen LogP contribution in [0, 0.1) is 0 Å². The summed E-state index contributed by atoms with van der Waals surface area (Å²) in [4.78, 5) is 33.1. The summed E-state index contributed by atoms with van der Waals surface area (Å²) >= 11 is 0. The van der Waals surface area contributed by atoms with Crippen LogP contribution in [0.3, 0.4) is 0 Å². The quantitative estimate of drug-likeness (QED) is 0.606. The lowest BCUT2D eigenvalue weighted by Gasteiger charge is -2.35. The number of rotatable bonds is 5. The Hall–Kier alpha value is -2.65. The molecule has 9 heteroatoms. The molecule has 8 nitrogen and oxygen atoms in total. The van der Waals surface area contributed by atoms with Crippen LogP contribution < -0.4 is 10.2 Å². The molecule has 0 aromatic heterocycles. The van der Waals surface area contributed by atoms with Crippen molar-refractivity contribution in [2.45, 2.75) is 57.0 Å². The summed E-state index contributed by atoms with van der Waals surface area (Å²) in [7, 11) is 0. The second-order valence-electron chi connectivity index (χ2n) is 10.7. The molecule has 2 N–H and O–H groups in total. The third-order valence-electron chi connectivity index (χ3n) is 8.58. The molecule has 2 amide bonds. The lowest BCUT2D eigenvalue weighted by atomic mass is 9.92. The van der Waals surface area contributed by atoms with Gasteiger partial charge in [-0.2, -0.15) is 0 Å². The molecule has 2 bridgehead atoms. The summed E-state index contributed by atoms with van der Waals surface area (Å²) in [5.41, 5.74) is 4.54. The highest BCUT2D eigenvalue weighted by Crippen LogP contribution is 2.33. The second kappa shape index (κ2) is 11.2. The standard InChI is InChI=1S/C29H36N4O4.ClH/c1-2-31-11-12-32(16-27(34)25-13-19-5-3-4-6-21(19)15-30-25)29(36)24-10-7-20(14-26(24)31)28(35)33-22-8-9-23(33)18-37-17-22;/h3-7,10,14,22-23,25,27,30,34H,2,8-9,11-13,15-18H2,1H3;1H. The molecule has 2 aromatic carbocycles. The molecule has 38 heavy (non-hydrogen) atoms. The van der Waals surface area contributed by atoms with E-state index < -0.39 is 6.10 Å². The van der Waals surface area contributed by atoms with Crippen LogP contribution in [0.2, 0.25) is 0 Å². The first kappa shape index (κ1) is 26.9. The topological polar surface area (TPSA) is 85.3 Å². The Kier molecular flexibility index (Phi) is 7.95. The maximum atomic E-state index is 13.7. The van der Waals surface area contributed by atoms with Crippen molar-refractivity contribution in [1.82, 2.24) is 15.1 Å². The molecular weight excluding hydrogens is 504 g/mol. The molecule has 4 aliphatic heterocycles. The number of ether oxygens (including phenoxy) is 1. The smallest absolute Gasteiger partial charge is 0.256 e. The Bertz CT molecular complexity index is 1180. The highest BCUT2D eigenvalue weighted by atomic mass is 35.5. The average molecular weight is 541 g/mol. The van der Waals surface area contributed by atoms with Crippen molar-refractivity contribution in [2.75, 3.05) is 44.3 Å². The number of carbonyl (C=O) groups is 2. The Morgan fingerprint density at radius 3 is 2.53 bits per heavy atom. The van der Waals surface area contributed by atoms with Crippen molar-refractivity contribution < 1.29 is 19.4 Å². The zero-order valence-electron chi connectivity index (χ0n) is 21.8. The monoisotopic (exact) mass is 540 g/mol. The van der Waals surface area contributed by atoms with Crippen LogP contribution in [0.4, 0.5) is 5.69 Å². The number of nitrogens with zero attached hydrogens (tertiary/aromatic N) is 3. The van der Waals surface area contributed by atoms with Crippen LogP contribution in [0.1, 0.15) is 51.6 Å². The number of carbonyl (C=O) groups excluding carboxylic acids is 2. The van der Waals surface area contributed by atoms with Crippen molar-refractivity contribution in [2.24, 2.45) is 0 Å². The molecule has 0 aliphatic carbocycles. The summed E-state index contributed by atoms with van der Waals surface area (Å²) in [6.07, 6.45) is 2.04. The van der Waals surface area contributed by atoms with Crippen molar-refractivity contribution in [3.8, 4) is 0 Å². The number of fused-ring (bicyclic) bond motifs is 4. The van der Waals surface area contributed by atoms with Gasteiger partial charge in [-0.1, -0.05) is 24.3 Å². The van der Waals surface area contributed by atoms with E-state index in [1.165, 1.54) is 11.1 Å². The number of benzene rings is 2. The largest absolute Gasteiger partial charge is 0.390 e. The highest BCUT2D eigenvalue weighted by Gasteiger charge is 2.41. The third kappa shape index (κ3) is 4.91. The number of hydrogen-bond acceptors (Lipinski definition) is 6. The van der Waals surface area contributed by atoms with Crippen molar-refractivity contribution in [3.63, 3.8) is 0 Å². The second-order valence-corrected chi connectivity index (χ2v) is 10.7. The van der Waals surface area contributed by atoms with E-state index in [0.717, 1.165) is 38.0 Å². The molecule has 0 spiro atoms. The van der Waals surface area contributed by atoms with Gasteiger partial charge in [0.15, 0.2) is 0 Å². The molecule has 4 unspecified atom stereocenters. The summed E-state index contributed by atoms with van der Waals surface area (Å²) in [6.45, 7) is 6.18. The molecule has 4 heterocycles. The Labute approximate surface area is 230 Å². The zero-order chi connectivity index (χ0) is 25.5. The van der Waals surface area contributed by atoms with Gasteiger partial charge in [-0.3, -0.25) is 9.59 Å². The lowest BCUT2D eigenvalue weighted by Crippen LogP contribution is -2.50. The molecule has 204 valence electrons. The number of amides is 2. The molecule has 2 aromatic rings. The van der Waals surface area contributed by atoms with Gasteiger partial charge in [0.25, 0.3) is 11.8 Å². The van der Waals surface area contributed by atoms with Crippen molar-refractivity contribution in [3.05, 3.63) is 64.7 Å². The molecule has 0 saturated carbocycles. The summed E-state index contributed by atoms with van der Waals surface area (Å²) < 4.78 is 5.66. The number of β-amino-alcohol motifs (C(OH)–C–C–N with tert-alkyl or cyclic N) is 1. The van der Waals surface area contributed by atoms with Gasteiger partial charge in [-0.05, 0) is 55.5 Å². The van der Waals surface area contributed by atoms with Gasteiger partial charge in [0.2, 0.25) is 0 Å². The third-order valence-corrected chi connectivity index (χ3v) is 8.58. The molecule has 4 aliphatic rings. The predicted molar refractivity (Wildman–Crippen MR) is 148 cm³/mol. The SMILES string of the molecule is CCN1CCN(CC(O)C2Cc3ccccc3CN2)C(=O)c2ccc(C(=O)N3C4CCC3COC4)cc21.Cl. The van der Waals surface area contributed by atoms with Crippen molar-refractivity contribution in [1.29, 1.82) is 0 Å². The first-order chi connectivity index (χ1) is 18.0. The molecule has 2 saturated heterocycles. The van der Waals surface area contributed by atoms with Crippen LogP contribution in [-0.2, 0) is 17.7 Å². The van der Waals surface area contributed by atoms with Gasteiger partial charge >= 0.3 is 0 Å². The van der Waals surface area contributed by atoms with Crippen LogP contribution in [-0.4, -0.2) is 90.3 Å². The first-order valence-electron chi connectivity index (χ1n) is 13.6. The normalized spacial score (nSPS) is 25.3. The lowest BCUT2D eigenvalue weighted by molar-refractivity contribution is -0.00715. The number of hydrogen-bond donors (Lipinski definition) is 2. The van der Waals surface area contributed by atoms with Crippen LogP contribution in [0.15, 0.2) is 42.5 Å². The van der Waals surface area contributed by atoms with E-state index in [9.17, 15) is 14.7 Å². The molecule has 0 radical (unpaired) electrons. The number of halogens is 1. The number of aliphatic hydroxyl groups is 1. The van der Waals surface area contributed by atoms with Gasteiger partial charge < -0.3 is 29.9 Å². The summed E-state index contributed by atoms with van der Waals surface area (Å²) in [5.74, 6) is -0.0612. The van der Waals surface area contributed by atoms with Gasteiger partial charge in [-0.25, -0.2) is 0 Å². The van der Waals surface area contributed by atoms with E-state index in [-0.39, 0.29) is 48.9 Å². The first-order valence-corrected chi connectivity index (χ1v) is 13.6. The Morgan fingerprint density at radius 2 is 1.79 bits per heavy atom. The highest BCUT2D eigenvalue weighted by molar-refractivity contribution is 6.03. The molecule has 2 fully saturated rings. The van der Waals surface area contributed by atoms with Gasteiger partial charge in [0.1, 0.15) is 0 Å². The molecular formula is C29H37ClN4O4. The minimum Gasteiger partial charge on any atom is -0.390 e. The zero-order valence-corrected chi connectivity index (χ0v) is 22.7. The van der Waals surface area contributed by atoms with Crippen molar-refractivity contribution >= 4 is 29.9 Å². The minimum absolute atomic E-state index is 0. The number of anilines is 1. The predicted octanol–water partition coefficient (Wildman–Crippen LogP) is 2.47. The van der Waals surface area contributed by atoms with E-state index in [1.54, 1.807) is 17.0 Å². The van der Waals surface area contributed by atoms with Crippen LogP contribution in [0.25, 0.3) is 0 Å². The Balaban J connectivity index is 0.00000294. The van der Waals surface area contributed by atoms with E-state index in [1.807, 2.05) is 23.1 Å². The van der Waals surface area contributed by atoms with Crippen LogP contribution >= 0.6 is 12.4 Å². The molecule has 6 rings (SSSR count). The fourth-order valence-corrected chi connectivity index (χ4v) is 6.46. The maximum Gasteiger partial charge on any atom is 0.256 e.